The van der Waals surface area contributed by atoms with Crippen LogP contribution in [0.25, 0.3) is 16.8 Å². The molecule has 0 radical (unpaired) electrons. The summed E-state index contributed by atoms with van der Waals surface area (Å²) in [7, 11) is 0. The first kappa shape index (κ1) is 16.9. The van der Waals surface area contributed by atoms with E-state index in [4.69, 9.17) is 11.6 Å². The highest BCUT2D eigenvalue weighted by Crippen LogP contribution is 2.29. The molecule has 0 spiro atoms. The van der Waals surface area contributed by atoms with Crippen LogP contribution in [-0.4, -0.2) is 39.0 Å². The summed E-state index contributed by atoms with van der Waals surface area (Å²) in [6.45, 7) is 2.63. The third-order valence-electron chi connectivity index (χ3n) is 3.49. The molecule has 2 aromatic heterocycles. The van der Waals surface area contributed by atoms with Crippen LogP contribution in [0, 0.1) is 0 Å². The third kappa shape index (κ3) is 4.13. The first-order chi connectivity index (χ1) is 12.2. The number of hydrogen-bond donors (Lipinski definition) is 2. The SMILES string of the molecule is CCNC(=O)CNc1cc(-c2ccc(-n3nccn3)cc2)c(Cl)cn1. The Morgan fingerprint density at radius 2 is 1.92 bits per heavy atom. The molecule has 128 valence electrons. The molecular formula is C17H17ClN6O. The maximum atomic E-state index is 11.5. The third-order valence-corrected chi connectivity index (χ3v) is 3.79. The highest BCUT2D eigenvalue weighted by atomic mass is 35.5. The molecule has 0 fully saturated rings. The second-order valence-corrected chi connectivity index (χ2v) is 5.63. The summed E-state index contributed by atoms with van der Waals surface area (Å²) in [5.41, 5.74) is 2.62. The van der Waals surface area contributed by atoms with E-state index in [-0.39, 0.29) is 12.5 Å². The van der Waals surface area contributed by atoms with E-state index in [1.54, 1.807) is 18.6 Å². The summed E-state index contributed by atoms with van der Waals surface area (Å²) in [5.74, 6) is 0.500. The Balaban J connectivity index is 1.79. The maximum absolute atomic E-state index is 11.5. The molecular weight excluding hydrogens is 340 g/mol. The predicted molar refractivity (Wildman–Crippen MR) is 96.8 cm³/mol. The number of benzene rings is 1. The topological polar surface area (TPSA) is 84.7 Å². The first-order valence-electron chi connectivity index (χ1n) is 7.80. The van der Waals surface area contributed by atoms with Crippen molar-refractivity contribution in [3.63, 3.8) is 0 Å². The molecule has 0 atom stereocenters. The standard InChI is InChI=1S/C17H17ClN6O/c1-2-19-17(25)11-21-16-9-14(15(18)10-20-16)12-3-5-13(6-4-12)24-22-7-8-23-24/h3-10H,2,11H2,1H3,(H,19,25)(H,20,21). The monoisotopic (exact) mass is 356 g/mol. The molecule has 0 bridgehead atoms. The number of carbonyl (C=O) groups is 1. The Morgan fingerprint density at radius 1 is 1.20 bits per heavy atom. The number of aromatic nitrogens is 4. The first-order valence-corrected chi connectivity index (χ1v) is 8.18. The molecule has 2 N–H and O–H groups in total. The van der Waals surface area contributed by atoms with Crippen LogP contribution in [-0.2, 0) is 4.79 Å². The lowest BCUT2D eigenvalue weighted by Crippen LogP contribution is -2.29. The fraction of sp³-hybridized carbons (Fsp3) is 0.176. The maximum Gasteiger partial charge on any atom is 0.239 e. The largest absolute Gasteiger partial charge is 0.361 e. The van der Waals surface area contributed by atoms with Crippen LogP contribution < -0.4 is 10.6 Å². The van der Waals surface area contributed by atoms with Crippen molar-refractivity contribution in [3.05, 3.63) is 53.9 Å². The Hall–Kier alpha value is -2.93. The van der Waals surface area contributed by atoms with E-state index < -0.39 is 0 Å². The molecule has 0 aliphatic carbocycles. The van der Waals surface area contributed by atoms with Gasteiger partial charge in [-0.25, -0.2) is 4.98 Å². The predicted octanol–water partition coefficient (Wildman–Crippen LogP) is 2.53. The van der Waals surface area contributed by atoms with Gasteiger partial charge >= 0.3 is 0 Å². The highest BCUT2D eigenvalue weighted by molar-refractivity contribution is 6.33. The number of rotatable bonds is 6. The van der Waals surface area contributed by atoms with Crippen LogP contribution >= 0.6 is 11.6 Å². The van der Waals surface area contributed by atoms with Gasteiger partial charge in [0.25, 0.3) is 0 Å². The summed E-state index contributed by atoms with van der Waals surface area (Å²) in [6, 6.07) is 9.52. The van der Waals surface area contributed by atoms with Crippen molar-refractivity contribution in [1.29, 1.82) is 0 Å². The smallest absolute Gasteiger partial charge is 0.239 e. The Morgan fingerprint density at radius 3 is 2.60 bits per heavy atom. The lowest BCUT2D eigenvalue weighted by atomic mass is 10.1. The van der Waals surface area contributed by atoms with Crippen LogP contribution in [0.15, 0.2) is 48.9 Å². The van der Waals surface area contributed by atoms with E-state index >= 15 is 0 Å². The summed E-state index contributed by atoms with van der Waals surface area (Å²) in [6.07, 6.45) is 4.82. The second kappa shape index (κ2) is 7.76. The molecule has 8 heteroatoms. The van der Waals surface area contributed by atoms with E-state index in [1.165, 1.54) is 4.80 Å². The Bertz CT molecular complexity index is 848. The summed E-state index contributed by atoms with van der Waals surface area (Å²) < 4.78 is 0. The van der Waals surface area contributed by atoms with E-state index in [2.05, 4.69) is 25.8 Å². The molecule has 0 aliphatic rings. The molecule has 3 rings (SSSR count). The molecule has 2 heterocycles. The van der Waals surface area contributed by atoms with Gasteiger partial charge < -0.3 is 10.6 Å². The molecule has 0 saturated heterocycles. The van der Waals surface area contributed by atoms with Crippen LogP contribution in [0.2, 0.25) is 5.02 Å². The van der Waals surface area contributed by atoms with Gasteiger partial charge in [-0.1, -0.05) is 23.7 Å². The number of hydrogen-bond acceptors (Lipinski definition) is 5. The Labute approximate surface area is 150 Å². The van der Waals surface area contributed by atoms with Crippen LogP contribution in [0.1, 0.15) is 6.92 Å². The molecule has 1 amide bonds. The number of nitrogens with zero attached hydrogens (tertiary/aromatic N) is 4. The van der Waals surface area contributed by atoms with Crippen molar-refractivity contribution < 1.29 is 4.79 Å². The van der Waals surface area contributed by atoms with Gasteiger partial charge in [0.1, 0.15) is 5.82 Å². The number of anilines is 1. The zero-order valence-electron chi connectivity index (χ0n) is 13.6. The van der Waals surface area contributed by atoms with Gasteiger partial charge in [-0.15, -0.1) is 0 Å². The number of halogens is 1. The van der Waals surface area contributed by atoms with Gasteiger partial charge in [0.05, 0.1) is 29.6 Å². The van der Waals surface area contributed by atoms with Gasteiger partial charge in [0.15, 0.2) is 0 Å². The zero-order chi connectivity index (χ0) is 17.6. The minimum atomic E-state index is -0.0862. The summed E-state index contributed by atoms with van der Waals surface area (Å²) in [5, 5.41) is 14.4. The normalized spacial score (nSPS) is 10.5. The van der Waals surface area contributed by atoms with Gasteiger partial charge in [-0.2, -0.15) is 15.0 Å². The van der Waals surface area contributed by atoms with E-state index in [9.17, 15) is 4.79 Å². The van der Waals surface area contributed by atoms with Crippen LogP contribution in [0.5, 0.6) is 0 Å². The lowest BCUT2D eigenvalue weighted by Gasteiger charge is -2.10. The van der Waals surface area contributed by atoms with Crippen molar-refractivity contribution in [1.82, 2.24) is 25.3 Å². The average Bonchev–Trinajstić information content (AvgIpc) is 3.16. The average molecular weight is 357 g/mol. The molecule has 25 heavy (non-hydrogen) atoms. The second-order valence-electron chi connectivity index (χ2n) is 5.22. The van der Waals surface area contributed by atoms with Gasteiger partial charge in [-0.3, -0.25) is 4.79 Å². The van der Waals surface area contributed by atoms with Crippen molar-refractivity contribution in [2.45, 2.75) is 6.92 Å². The van der Waals surface area contributed by atoms with Crippen molar-refractivity contribution in [2.24, 2.45) is 0 Å². The number of amides is 1. The number of pyridine rings is 1. The molecule has 0 aliphatic heterocycles. The van der Waals surface area contributed by atoms with Crippen LogP contribution in [0.4, 0.5) is 5.82 Å². The lowest BCUT2D eigenvalue weighted by molar-refractivity contribution is -0.119. The fourth-order valence-corrected chi connectivity index (χ4v) is 2.52. The van der Waals surface area contributed by atoms with Crippen molar-refractivity contribution in [3.8, 4) is 16.8 Å². The summed E-state index contributed by atoms with van der Waals surface area (Å²) in [4.78, 5) is 17.3. The zero-order valence-corrected chi connectivity index (χ0v) is 14.4. The van der Waals surface area contributed by atoms with Gasteiger partial charge in [0, 0.05) is 18.3 Å². The molecule has 3 aromatic rings. The Kier molecular flexibility index (Phi) is 5.25. The van der Waals surface area contributed by atoms with Gasteiger partial charge in [0.2, 0.25) is 5.91 Å². The molecule has 0 saturated carbocycles. The fourth-order valence-electron chi connectivity index (χ4n) is 2.31. The molecule has 7 nitrogen and oxygen atoms in total. The van der Waals surface area contributed by atoms with E-state index in [0.717, 1.165) is 16.8 Å². The number of likely N-dealkylation sites (N-methyl/N-ethyl adjacent to an activating group) is 1. The molecule has 1 aromatic carbocycles. The number of nitrogens with one attached hydrogen (secondary N) is 2. The minimum absolute atomic E-state index is 0.0862. The minimum Gasteiger partial charge on any atom is -0.361 e. The quantitative estimate of drug-likeness (QED) is 0.709. The summed E-state index contributed by atoms with van der Waals surface area (Å²) >= 11 is 6.28. The number of carbonyl (C=O) groups excluding carboxylic acids is 1. The van der Waals surface area contributed by atoms with E-state index in [1.807, 2.05) is 37.3 Å². The highest BCUT2D eigenvalue weighted by Gasteiger charge is 2.08. The van der Waals surface area contributed by atoms with Gasteiger partial charge in [-0.05, 0) is 30.7 Å². The molecule has 0 unspecified atom stereocenters. The van der Waals surface area contributed by atoms with Crippen molar-refractivity contribution in [2.75, 3.05) is 18.4 Å². The van der Waals surface area contributed by atoms with Crippen LogP contribution in [0.3, 0.4) is 0 Å². The van der Waals surface area contributed by atoms with Crippen molar-refractivity contribution >= 4 is 23.3 Å². The van der Waals surface area contributed by atoms with E-state index in [0.29, 0.717) is 17.4 Å².